The third kappa shape index (κ3) is 4.18. The molecule has 0 saturated carbocycles. The number of hydrogen-bond acceptors (Lipinski definition) is 5. The molecule has 2 aromatic carbocycles. The molecular formula is C24H24ClNO5. The first kappa shape index (κ1) is 21.4. The first-order chi connectivity index (χ1) is 14.8. The zero-order valence-electron chi connectivity index (χ0n) is 17.5. The van der Waals surface area contributed by atoms with Crippen LogP contribution in [0.4, 0.5) is 0 Å². The Morgan fingerprint density at radius 2 is 1.87 bits per heavy atom. The second kappa shape index (κ2) is 8.36. The van der Waals surface area contributed by atoms with E-state index in [1.807, 2.05) is 25.1 Å². The van der Waals surface area contributed by atoms with Crippen molar-refractivity contribution in [2.75, 3.05) is 20.2 Å². The van der Waals surface area contributed by atoms with Crippen LogP contribution < -0.4 is 10.4 Å². The summed E-state index contributed by atoms with van der Waals surface area (Å²) in [5.41, 5.74) is 0.826. The van der Waals surface area contributed by atoms with E-state index in [1.165, 1.54) is 0 Å². The number of hydrogen-bond donors (Lipinski definition) is 1. The summed E-state index contributed by atoms with van der Waals surface area (Å²) >= 11 is 5.94. The second-order valence-electron chi connectivity index (χ2n) is 7.95. The van der Waals surface area contributed by atoms with Crippen LogP contribution >= 0.6 is 11.6 Å². The minimum absolute atomic E-state index is 0.0322. The summed E-state index contributed by atoms with van der Waals surface area (Å²) in [6, 6.07) is 12.4. The molecule has 1 N–H and O–H groups in total. The number of carbonyl (C=O) groups is 1. The number of methoxy groups -OCH3 is 1. The quantitative estimate of drug-likeness (QED) is 0.622. The molecule has 31 heavy (non-hydrogen) atoms. The summed E-state index contributed by atoms with van der Waals surface area (Å²) in [5.74, 6) is 0.446. The van der Waals surface area contributed by atoms with Gasteiger partial charge in [0.05, 0.1) is 24.7 Å². The first-order valence-corrected chi connectivity index (χ1v) is 10.5. The average Bonchev–Trinajstić information content (AvgIpc) is 2.77. The highest BCUT2D eigenvalue weighted by molar-refractivity contribution is 6.30. The normalized spacial score (nSPS) is 15.8. The van der Waals surface area contributed by atoms with Gasteiger partial charge in [0.1, 0.15) is 11.3 Å². The SMILES string of the molecule is COc1ccc2c(C)c(CC(=O)N3CCC(O)(c4ccc(Cl)cc4)CC3)c(=O)oc2c1. The van der Waals surface area contributed by atoms with Crippen molar-refractivity contribution in [3.05, 3.63) is 74.6 Å². The van der Waals surface area contributed by atoms with Gasteiger partial charge in [-0.25, -0.2) is 4.79 Å². The molecule has 7 heteroatoms. The van der Waals surface area contributed by atoms with Crippen molar-refractivity contribution in [2.24, 2.45) is 0 Å². The van der Waals surface area contributed by atoms with Crippen LogP contribution in [0.25, 0.3) is 11.0 Å². The highest BCUT2D eigenvalue weighted by Gasteiger charge is 2.35. The highest BCUT2D eigenvalue weighted by Crippen LogP contribution is 2.33. The number of fused-ring (bicyclic) bond motifs is 1. The minimum atomic E-state index is -0.988. The lowest BCUT2D eigenvalue weighted by molar-refractivity contribution is -0.135. The van der Waals surface area contributed by atoms with Crippen molar-refractivity contribution >= 4 is 28.5 Å². The summed E-state index contributed by atoms with van der Waals surface area (Å²) in [6.45, 7) is 2.64. The number of aryl methyl sites for hydroxylation is 1. The number of nitrogens with zero attached hydrogens (tertiary/aromatic N) is 1. The summed E-state index contributed by atoms with van der Waals surface area (Å²) in [5, 5.41) is 12.4. The number of benzene rings is 2. The fourth-order valence-electron chi connectivity index (χ4n) is 4.14. The van der Waals surface area contributed by atoms with E-state index in [4.69, 9.17) is 20.8 Å². The molecular weight excluding hydrogens is 418 g/mol. The van der Waals surface area contributed by atoms with Gasteiger partial charge in [-0.1, -0.05) is 23.7 Å². The molecule has 0 aliphatic carbocycles. The predicted molar refractivity (Wildman–Crippen MR) is 119 cm³/mol. The lowest BCUT2D eigenvalue weighted by Gasteiger charge is -2.38. The van der Waals surface area contributed by atoms with Gasteiger partial charge in [-0.2, -0.15) is 0 Å². The van der Waals surface area contributed by atoms with E-state index in [1.54, 1.807) is 36.3 Å². The van der Waals surface area contributed by atoms with Crippen LogP contribution in [0, 0.1) is 6.92 Å². The molecule has 4 rings (SSSR count). The predicted octanol–water partition coefficient (Wildman–Crippen LogP) is 3.82. The van der Waals surface area contributed by atoms with Gasteiger partial charge in [-0.3, -0.25) is 4.79 Å². The Labute approximate surface area is 185 Å². The lowest BCUT2D eigenvalue weighted by Crippen LogP contribution is -2.46. The number of likely N-dealkylation sites (tertiary alicyclic amines) is 1. The third-order valence-electron chi connectivity index (χ3n) is 6.15. The average molecular weight is 442 g/mol. The number of carbonyl (C=O) groups excluding carboxylic acids is 1. The first-order valence-electron chi connectivity index (χ1n) is 10.2. The van der Waals surface area contributed by atoms with Gasteiger partial charge in [0.15, 0.2) is 0 Å². The summed E-state index contributed by atoms with van der Waals surface area (Å²) in [4.78, 5) is 27.2. The summed E-state index contributed by atoms with van der Waals surface area (Å²) in [6.07, 6.45) is 0.812. The largest absolute Gasteiger partial charge is 0.497 e. The van der Waals surface area contributed by atoms with Gasteiger partial charge in [-0.15, -0.1) is 0 Å². The molecule has 6 nitrogen and oxygen atoms in total. The summed E-state index contributed by atoms with van der Waals surface area (Å²) in [7, 11) is 1.55. The molecule has 0 unspecified atom stereocenters. The maximum atomic E-state index is 12.9. The molecule has 0 atom stereocenters. The number of halogens is 1. The van der Waals surface area contributed by atoms with Crippen LogP contribution in [0.15, 0.2) is 51.7 Å². The lowest BCUT2D eigenvalue weighted by atomic mass is 9.84. The number of ether oxygens (including phenoxy) is 1. The van der Waals surface area contributed by atoms with Crippen LogP contribution in [-0.2, 0) is 16.8 Å². The molecule has 1 aliphatic heterocycles. The van der Waals surface area contributed by atoms with Crippen molar-refractivity contribution in [2.45, 2.75) is 31.8 Å². The Kier molecular flexibility index (Phi) is 5.77. The third-order valence-corrected chi connectivity index (χ3v) is 6.40. The smallest absolute Gasteiger partial charge is 0.340 e. The van der Waals surface area contributed by atoms with Gasteiger partial charge in [0.25, 0.3) is 0 Å². The maximum absolute atomic E-state index is 12.9. The molecule has 2 heterocycles. The topological polar surface area (TPSA) is 80.0 Å². The van der Waals surface area contributed by atoms with Crippen molar-refractivity contribution < 1.29 is 19.1 Å². The molecule has 1 aromatic heterocycles. The van der Waals surface area contributed by atoms with Gasteiger partial charge < -0.3 is 19.2 Å². The fourth-order valence-corrected chi connectivity index (χ4v) is 4.27. The standard InChI is InChI=1S/C24H24ClNO5/c1-15-19-8-7-18(30-2)13-21(19)31-23(28)20(15)14-22(27)26-11-9-24(29,10-12-26)16-3-5-17(25)6-4-16/h3-8,13,29H,9-12,14H2,1-2H3. The number of piperidine rings is 1. The van der Waals surface area contributed by atoms with E-state index in [0.29, 0.717) is 47.8 Å². The Bertz CT molecular complexity index is 1180. The van der Waals surface area contributed by atoms with E-state index in [0.717, 1.165) is 16.5 Å². The van der Waals surface area contributed by atoms with E-state index < -0.39 is 11.2 Å². The molecule has 162 valence electrons. The molecule has 1 saturated heterocycles. The number of rotatable bonds is 4. The van der Waals surface area contributed by atoms with Crippen LogP contribution in [-0.4, -0.2) is 36.1 Å². The van der Waals surface area contributed by atoms with E-state index >= 15 is 0 Å². The molecule has 0 spiro atoms. The van der Waals surface area contributed by atoms with Crippen molar-refractivity contribution in [1.29, 1.82) is 0 Å². The maximum Gasteiger partial charge on any atom is 0.340 e. The van der Waals surface area contributed by atoms with Crippen LogP contribution in [0.3, 0.4) is 0 Å². The Balaban J connectivity index is 1.50. The van der Waals surface area contributed by atoms with Gasteiger partial charge in [0, 0.05) is 29.6 Å². The number of aliphatic hydroxyl groups is 1. The Morgan fingerprint density at radius 3 is 2.52 bits per heavy atom. The zero-order chi connectivity index (χ0) is 22.2. The van der Waals surface area contributed by atoms with E-state index in [2.05, 4.69) is 0 Å². The summed E-state index contributed by atoms with van der Waals surface area (Å²) < 4.78 is 10.6. The molecule has 1 fully saturated rings. The highest BCUT2D eigenvalue weighted by atomic mass is 35.5. The Hall–Kier alpha value is -2.83. The number of amides is 1. The van der Waals surface area contributed by atoms with Gasteiger partial charge in [-0.05, 0) is 55.2 Å². The molecule has 1 amide bonds. The van der Waals surface area contributed by atoms with Crippen LogP contribution in [0.2, 0.25) is 5.02 Å². The fraction of sp³-hybridized carbons (Fsp3) is 0.333. The van der Waals surface area contributed by atoms with Crippen molar-refractivity contribution in [3.63, 3.8) is 0 Å². The van der Waals surface area contributed by atoms with E-state index in [-0.39, 0.29) is 12.3 Å². The minimum Gasteiger partial charge on any atom is -0.497 e. The Morgan fingerprint density at radius 1 is 1.19 bits per heavy atom. The zero-order valence-corrected chi connectivity index (χ0v) is 18.2. The molecule has 0 bridgehead atoms. The monoisotopic (exact) mass is 441 g/mol. The van der Waals surface area contributed by atoms with Gasteiger partial charge in [0.2, 0.25) is 5.91 Å². The van der Waals surface area contributed by atoms with Crippen LogP contribution in [0.1, 0.15) is 29.5 Å². The van der Waals surface area contributed by atoms with Crippen molar-refractivity contribution in [3.8, 4) is 5.75 Å². The van der Waals surface area contributed by atoms with E-state index in [9.17, 15) is 14.7 Å². The van der Waals surface area contributed by atoms with Gasteiger partial charge >= 0.3 is 5.63 Å². The second-order valence-corrected chi connectivity index (χ2v) is 8.39. The van der Waals surface area contributed by atoms with Crippen LogP contribution in [0.5, 0.6) is 5.75 Å². The molecule has 0 radical (unpaired) electrons. The van der Waals surface area contributed by atoms with Crippen molar-refractivity contribution in [1.82, 2.24) is 4.90 Å². The molecule has 3 aromatic rings. The molecule has 1 aliphatic rings.